The smallest absolute Gasteiger partial charge is 0.472 e. The molecule has 0 aliphatic heterocycles. The number of likely N-dealkylation sites (N-methyl/N-ethyl adjacent to an activating group) is 1. The minimum Gasteiger partial charge on any atom is -0.495 e. The molecule has 0 rings (SSSR count). The maximum atomic E-state index is 12.7. The fraction of sp³-hybridized carbons (Fsp3) is 0.927. The Morgan fingerprint density at radius 1 is 0.600 bits per heavy atom. The third-order valence-corrected chi connectivity index (χ3v) is 10.2. The highest BCUT2D eigenvalue weighted by Gasteiger charge is 2.26. The molecule has 9 heteroatoms. The van der Waals surface area contributed by atoms with E-state index in [0.29, 0.717) is 23.2 Å². The molecule has 0 saturated carbocycles. The normalized spacial score (nSPS) is 13.6. The van der Waals surface area contributed by atoms with Crippen molar-refractivity contribution in [2.45, 2.75) is 200 Å². The van der Waals surface area contributed by atoms with Gasteiger partial charge in [-0.25, -0.2) is 4.57 Å². The summed E-state index contributed by atoms with van der Waals surface area (Å²) in [7, 11) is 1.62. The number of rotatable bonds is 39. The molecule has 0 aliphatic carbocycles. The third-order valence-electron chi connectivity index (χ3n) is 9.26. The van der Waals surface area contributed by atoms with Crippen molar-refractivity contribution >= 4 is 13.8 Å². The van der Waals surface area contributed by atoms with E-state index in [1.165, 1.54) is 135 Å². The minimum atomic E-state index is -4.30. The Bertz CT molecular complexity index is 832. The summed E-state index contributed by atoms with van der Waals surface area (Å²) >= 11 is 0. The molecule has 0 amide bonds. The summed E-state index contributed by atoms with van der Waals surface area (Å²) in [5.41, 5.74) is 0. The molecular formula is C41H83NO7P+. The highest BCUT2D eigenvalue weighted by Crippen LogP contribution is 2.43. The van der Waals surface area contributed by atoms with Gasteiger partial charge in [-0.05, 0) is 12.8 Å². The summed E-state index contributed by atoms with van der Waals surface area (Å²) in [5, 5.41) is 0. The van der Waals surface area contributed by atoms with Gasteiger partial charge in [0.15, 0.2) is 6.10 Å². The quantitative estimate of drug-likeness (QED) is 0.0221. The number of nitrogens with zero attached hydrogens (tertiary/aromatic N) is 1. The van der Waals surface area contributed by atoms with E-state index in [-0.39, 0.29) is 25.8 Å². The van der Waals surface area contributed by atoms with Crippen molar-refractivity contribution in [1.29, 1.82) is 0 Å². The number of hydrogen-bond donors (Lipinski definition) is 1. The van der Waals surface area contributed by atoms with Crippen LogP contribution in [0.25, 0.3) is 0 Å². The van der Waals surface area contributed by atoms with Gasteiger partial charge >= 0.3 is 13.8 Å². The second-order valence-corrected chi connectivity index (χ2v) is 17.0. The molecule has 0 aliphatic rings. The van der Waals surface area contributed by atoms with E-state index in [1.807, 2.05) is 21.1 Å². The van der Waals surface area contributed by atoms with Crippen LogP contribution in [0.2, 0.25) is 0 Å². The van der Waals surface area contributed by atoms with Gasteiger partial charge in [-0.3, -0.25) is 13.8 Å². The summed E-state index contributed by atoms with van der Waals surface area (Å²) in [6, 6.07) is 0. The highest BCUT2D eigenvalue weighted by molar-refractivity contribution is 7.47. The molecule has 2 atom stereocenters. The monoisotopic (exact) mass is 733 g/mol. The van der Waals surface area contributed by atoms with Crippen molar-refractivity contribution in [2.24, 2.45) is 0 Å². The molecule has 0 spiro atoms. The van der Waals surface area contributed by atoms with Crippen molar-refractivity contribution in [3.63, 3.8) is 0 Å². The van der Waals surface area contributed by atoms with Crippen LogP contribution >= 0.6 is 7.82 Å². The van der Waals surface area contributed by atoms with Gasteiger partial charge in [0.2, 0.25) is 0 Å². The second kappa shape index (κ2) is 33.9. The Morgan fingerprint density at radius 2 is 0.980 bits per heavy atom. The van der Waals surface area contributed by atoms with Crippen molar-refractivity contribution < 1.29 is 37.3 Å². The zero-order valence-corrected chi connectivity index (χ0v) is 34.6. The molecule has 0 saturated heterocycles. The lowest BCUT2D eigenvalue weighted by molar-refractivity contribution is -0.870. The van der Waals surface area contributed by atoms with Gasteiger partial charge in [0.1, 0.15) is 19.8 Å². The van der Waals surface area contributed by atoms with Crippen molar-refractivity contribution in [3.05, 3.63) is 12.3 Å². The van der Waals surface area contributed by atoms with Gasteiger partial charge in [-0.2, -0.15) is 0 Å². The fourth-order valence-electron chi connectivity index (χ4n) is 5.92. The number of phosphoric ester groups is 1. The van der Waals surface area contributed by atoms with Gasteiger partial charge < -0.3 is 18.9 Å². The Morgan fingerprint density at radius 3 is 1.38 bits per heavy atom. The highest BCUT2D eigenvalue weighted by atomic mass is 31.2. The lowest BCUT2D eigenvalue weighted by atomic mass is 10.0. The Kier molecular flexibility index (Phi) is 33.3. The molecule has 0 aromatic rings. The number of unbranched alkanes of at least 4 members (excludes halogenated alkanes) is 24. The minimum absolute atomic E-state index is 0.0283. The molecule has 0 aromatic heterocycles. The molecule has 0 radical (unpaired) electrons. The molecule has 0 aromatic carbocycles. The molecule has 8 nitrogen and oxygen atoms in total. The number of esters is 1. The average Bonchev–Trinajstić information content (AvgIpc) is 3.06. The van der Waals surface area contributed by atoms with Crippen LogP contribution in [0, 0.1) is 0 Å². The zero-order valence-electron chi connectivity index (χ0n) is 33.7. The first-order valence-corrected chi connectivity index (χ1v) is 22.4. The van der Waals surface area contributed by atoms with E-state index in [2.05, 4.69) is 20.4 Å². The average molecular weight is 733 g/mol. The summed E-state index contributed by atoms with van der Waals surface area (Å²) in [6.07, 6.45) is 33.2. The van der Waals surface area contributed by atoms with Crippen molar-refractivity contribution in [3.8, 4) is 0 Å². The first-order valence-electron chi connectivity index (χ1n) is 20.9. The van der Waals surface area contributed by atoms with Crippen LogP contribution in [0.5, 0.6) is 0 Å². The Balaban J connectivity index is 4.36. The van der Waals surface area contributed by atoms with Crippen LogP contribution in [-0.2, 0) is 27.9 Å². The topological polar surface area (TPSA) is 91.3 Å². The molecule has 2 unspecified atom stereocenters. The third kappa shape index (κ3) is 36.9. The SMILES string of the molecule is C=C(CCCCCCCCCCCCCCC)OCC(COP(=O)(O)OCC[N+](C)(C)C)OC(=O)CCCCCCCCCCCCCCC. The molecule has 0 fully saturated rings. The summed E-state index contributed by atoms with van der Waals surface area (Å²) in [5.74, 6) is 0.295. The summed E-state index contributed by atoms with van der Waals surface area (Å²) in [6.45, 7) is 8.95. The lowest BCUT2D eigenvalue weighted by Gasteiger charge is -2.24. The van der Waals surface area contributed by atoms with Gasteiger partial charge in [0.25, 0.3) is 0 Å². The van der Waals surface area contributed by atoms with E-state index >= 15 is 0 Å². The predicted octanol–water partition coefficient (Wildman–Crippen LogP) is 12.2. The van der Waals surface area contributed by atoms with E-state index in [0.717, 1.165) is 38.5 Å². The van der Waals surface area contributed by atoms with Crippen LogP contribution in [0.4, 0.5) is 0 Å². The van der Waals surface area contributed by atoms with E-state index < -0.39 is 13.9 Å². The molecule has 298 valence electrons. The molecule has 50 heavy (non-hydrogen) atoms. The van der Waals surface area contributed by atoms with Gasteiger partial charge in [0.05, 0.1) is 33.5 Å². The summed E-state index contributed by atoms with van der Waals surface area (Å²) < 4.78 is 35.0. The standard InChI is InChI=1S/C41H82NO7P/c1-7-9-11-13-15-17-19-21-23-25-27-29-31-33-39(3)46-37-40(38-48-50(44,45)47-36-35-42(4,5)6)49-41(43)34-32-30-28-26-24-22-20-18-16-14-12-10-8-2/h40H,3,7-38H2,1-2,4-6H3/p+1. The van der Waals surface area contributed by atoms with Crippen LogP contribution in [0.1, 0.15) is 194 Å². The maximum absolute atomic E-state index is 12.7. The molecular weight excluding hydrogens is 649 g/mol. The Hall–Kier alpha value is -0.920. The Labute approximate surface area is 310 Å². The number of ether oxygens (including phenoxy) is 2. The van der Waals surface area contributed by atoms with Gasteiger partial charge in [-0.1, -0.05) is 175 Å². The van der Waals surface area contributed by atoms with E-state index in [1.54, 1.807) is 0 Å². The largest absolute Gasteiger partial charge is 0.495 e. The predicted molar refractivity (Wildman–Crippen MR) is 210 cm³/mol. The number of phosphoric acid groups is 1. The van der Waals surface area contributed by atoms with Gasteiger partial charge in [-0.15, -0.1) is 0 Å². The van der Waals surface area contributed by atoms with Crippen LogP contribution < -0.4 is 0 Å². The van der Waals surface area contributed by atoms with E-state index in [4.69, 9.17) is 18.5 Å². The first kappa shape index (κ1) is 49.1. The lowest BCUT2D eigenvalue weighted by Crippen LogP contribution is -2.37. The maximum Gasteiger partial charge on any atom is 0.472 e. The first-order chi connectivity index (χ1) is 24.0. The van der Waals surface area contributed by atoms with Crippen LogP contribution in [0.15, 0.2) is 12.3 Å². The molecule has 0 heterocycles. The van der Waals surface area contributed by atoms with Gasteiger partial charge in [0, 0.05) is 12.8 Å². The number of quaternary nitrogens is 1. The second-order valence-electron chi connectivity index (χ2n) is 15.6. The number of carbonyl (C=O) groups excluding carboxylic acids is 1. The fourth-order valence-corrected chi connectivity index (χ4v) is 6.66. The van der Waals surface area contributed by atoms with Crippen LogP contribution in [0.3, 0.4) is 0 Å². The van der Waals surface area contributed by atoms with Crippen molar-refractivity contribution in [2.75, 3.05) is 47.5 Å². The number of carbonyl (C=O) groups is 1. The van der Waals surface area contributed by atoms with Crippen LogP contribution in [-0.4, -0.2) is 69.0 Å². The molecule has 1 N–H and O–H groups in total. The van der Waals surface area contributed by atoms with E-state index in [9.17, 15) is 14.3 Å². The molecule has 0 bridgehead atoms. The zero-order chi connectivity index (χ0) is 37.2. The number of hydrogen-bond acceptors (Lipinski definition) is 6. The number of allylic oxidation sites excluding steroid dienone is 1. The van der Waals surface area contributed by atoms with Crippen molar-refractivity contribution in [1.82, 2.24) is 0 Å². The summed E-state index contributed by atoms with van der Waals surface area (Å²) in [4.78, 5) is 22.9.